The van der Waals surface area contributed by atoms with Crippen molar-refractivity contribution in [3.63, 3.8) is 0 Å². The summed E-state index contributed by atoms with van der Waals surface area (Å²) in [5.74, 6) is 1.07. The van der Waals surface area contributed by atoms with E-state index in [2.05, 4.69) is 25.7 Å². The number of hydrogen-bond acceptors (Lipinski definition) is 1. The van der Waals surface area contributed by atoms with Crippen LogP contribution in [-0.4, -0.2) is 24.0 Å². The summed E-state index contributed by atoms with van der Waals surface area (Å²) in [5, 5.41) is 0. The normalized spacial score (nSPS) is 26.6. The first-order valence-electron chi connectivity index (χ1n) is 6.07. The van der Waals surface area contributed by atoms with Crippen LogP contribution in [0.15, 0.2) is 24.3 Å². The molecule has 1 aliphatic rings. The fourth-order valence-corrected chi connectivity index (χ4v) is 2.57. The van der Waals surface area contributed by atoms with E-state index in [4.69, 9.17) is 0 Å². The second kappa shape index (κ2) is 4.54. The summed E-state index contributed by atoms with van der Waals surface area (Å²) in [4.78, 5) is 2.50. The molecule has 1 fully saturated rings. The van der Waals surface area contributed by atoms with E-state index in [0.717, 1.165) is 13.1 Å². The van der Waals surface area contributed by atoms with E-state index >= 15 is 0 Å². The number of benzene rings is 1. The maximum absolute atomic E-state index is 12.9. The molecule has 1 saturated heterocycles. The van der Waals surface area contributed by atoms with Gasteiger partial charge in [0, 0.05) is 25.0 Å². The van der Waals surface area contributed by atoms with Crippen LogP contribution < -0.4 is 0 Å². The third-order valence-corrected chi connectivity index (χ3v) is 3.67. The lowest BCUT2D eigenvalue weighted by atomic mass is 9.90. The van der Waals surface area contributed by atoms with Crippen molar-refractivity contribution in [1.82, 2.24) is 4.90 Å². The van der Waals surface area contributed by atoms with Gasteiger partial charge in [-0.1, -0.05) is 19.1 Å². The van der Waals surface area contributed by atoms with Crippen LogP contribution in [0.2, 0.25) is 0 Å². The van der Waals surface area contributed by atoms with Gasteiger partial charge in [-0.2, -0.15) is 0 Å². The molecular weight excluding hydrogens is 201 g/mol. The third kappa shape index (κ3) is 2.27. The van der Waals surface area contributed by atoms with E-state index in [9.17, 15) is 4.39 Å². The number of halogens is 1. The van der Waals surface area contributed by atoms with Crippen molar-refractivity contribution in [2.75, 3.05) is 13.1 Å². The second-order valence-corrected chi connectivity index (χ2v) is 5.18. The summed E-state index contributed by atoms with van der Waals surface area (Å²) in [7, 11) is 0. The molecule has 0 aliphatic carbocycles. The zero-order valence-electron chi connectivity index (χ0n) is 10.3. The Morgan fingerprint density at radius 2 is 1.81 bits per heavy atom. The molecular formula is C14H20FN. The molecule has 0 bridgehead atoms. The molecule has 2 atom stereocenters. The molecule has 2 rings (SSSR count). The van der Waals surface area contributed by atoms with Crippen LogP contribution in [0.4, 0.5) is 4.39 Å². The smallest absolute Gasteiger partial charge is 0.123 e. The Labute approximate surface area is 97.3 Å². The van der Waals surface area contributed by atoms with Crippen molar-refractivity contribution >= 4 is 0 Å². The molecule has 0 radical (unpaired) electrons. The first-order valence-corrected chi connectivity index (χ1v) is 6.07. The van der Waals surface area contributed by atoms with Crippen LogP contribution in [0, 0.1) is 11.7 Å². The molecule has 2 unspecified atom stereocenters. The fraction of sp³-hybridized carbons (Fsp3) is 0.571. The summed E-state index contributed by atoms with van der Waals surface area (Å²) < 4.78 is 12.9. The molecule has 1 nitrogen and oxygen atoms in total. The fourth-order valence-electron chi connectivity index (χ4n) is 2.57. The van der Waals surface area contributed by atoms with Crippen molar-refractivity contribution in [2.24, 2.45) is 5.92 Å². The van der Waals surface area contributed by atoms with Crippen LogP contribution in [0.5, 0.6) is 0 Å². The topological polar surface area (TPSA) is 3.24 Å². The zero-order valence-corrected chi connectivity index (χ0v) is 10.3. The van der Waals surface area contributed by atoms with E-state index in [0.29, 0.717) is 17.9 Å². The monoisotopic (exact) mass is 221 g/mol. The van der Waals surface area contributed by atoms with Crippen molar-refractivity contribution in [3.05, 3.63) is 35.6 Å². The minimum atomic E-state index is -0.143. The van der Waals surface area contributed by atoms with Crippen LogP contribution in [0.25, 0.3) is 0 Å². The van der Waals surface area contributed by atoms with Gasteiger partial charge in [0.05, 0.1) is 0 Å². The Hall–Kier alpha value is -0.890. The predicted octanol–water partition coefficient (Wildman–Crippen LogP) is 3.27. The van der Waals surface area contributed by atoms with Crippen LogP contribution in [0.1, 0.15) is 32.3 Å². The van der Waals surface area contributed by atoms with Crippen molar-refractivity contribution in [3.8, 4) is 0 Å². The number of rotatable bonds is 2. The van der Waals surface area contributed by atoms with Crippen LogP contribution in [-0.2, 0) is 0 Å². The van der Waals surface area contributed by atoms with E-state index < -0.39 is 0 Å². The summed E-state index contributed by atoms with van der Waals surface area (Å²) in [6.45, 7) is 9.01. The van der Waals surface area contributed by atoms with Gasteiger partial charge in [0.15, 0.2) is 0 Å². The largest absolute Gasteiger partial charge is 0.300 e. The second-order valence-electron chi connectivity index (χ2n) is 5.18. The van der Waals surface area contributed by atoms with Crippen molar-refractivity contribution in [2.45, 2.75) is 32.7 Å². The summed E-state index contributed by atoms with van der Waals surface area (Å²) >= 11 is 0. The van der Waals surface area contributed by atoms with Gasteiger partial charge in [-0.05, 0) is 37.5 Å². The maximum atomic E-state index is 12.9. The molecule has 0 aromatic heterocycles. The quantitative estimate of drug-likeness (QED) is 0.741. The molecule has 88 valence electrons. The molecule has 0 N–H and O–H groups in total. The minimum absolute atomic E-state index is 0.143. The lowest BCUT2D eigenvalue weighted by molar-refractivity contribution is 0.266. The van der Waals surface area contributed by atoms with Gasteiger partial charge >= 0.3 is 0 Å². The lowest BCUT2D eigenvalue weighted by Crippen LogP contribution is -2.28. The summed E-state index contributed by atoms with van der Waals surface area (Å²) in [6.07, 6.45) is 0. The highest BCUT2D eigenvalue weighted by molar-refractivity contribution is 5.23. The Balaban J connectivity index is 2.13. The van der Waals surface area contributed by atoms with E-state index in [-0.39, 0.29) is 5.82 Å². The lowest BCUT2D eigenvalue weighted by Gasteiger charge is -2.20. The number of hydrogen-bond donors (Lipinski definition) is 0. The Morgan fingerprint density at radius 3 is 2.31 bits per heavy atom. The molecule has 1 heterocycles. The molecule has 1 aromatic carbocycles. The Bertz CT molecular complexity index is 344. The van der Waals surface area contributed by atoms with Gasteiger partial charge in [0.2, 0.25) is 0 Å². The van der Waals surface area contributed by atoms with Gasteiger partial charge in [0.1, 0.15) is 5.82 Å². The summed E-state index contributed by atoms with van der Waals surface area (Å²) in [6, 6.07) is 7.61. The molecule has 1 aliphatic heterocycles. The molecule has 1 aromatic rings. The van der Waals surface area contributed by atoms with Crippen LogP contribution >= 0.6 is 0 Å². The van der Waals surface area contributed by atoms with Gasteiger partial charge in [-0.15, -0.1) is 0 Å². The molecule has 0 saturated carbocycles. The summed E-state index contributed by atoms with van der Waals surface area (Å²) in [5.41, 5.74) is 1.28. The first-order chi connectivity index (χ1) is 7.58. The van der Waals surface area contributed by atoms with Gasteiger partial charge < -0.3 is 4.90 Å². The SMILES string of the molecule is CC1CN(C(C)C)CC1c1ccc(F)cc1. The molecule has 2 heteroatoms. The van der Waals surface area contributed by atoms with Gasteiger partial charge in [0.25, 0.3) is 0 Å². The highest BCUT2D eigenvalue weighted by atomic mass is 19.1. The van der Waals surface area contributed by atoms with E-state index in [1.54, 1.807) is 12.1 Å². The molecule has 16 heavy (non-hydrogen) atoms. The zero-order chi connectivity index (χ0) is 11.7. The van der Waals surface area contributed by atoms with Gasteiger partial charge in [-0.25, -0.2) is 4.39 Å². The number of likely N-dealkylation sites (tertiary alicyclic amines) is 1. The third-order valence-electron chi connectivity index (χ3n) is 3.67. The average molecular weight is 221 g/mol. The van der Waals surface area contributed by atoms with Gasteiger partial charge in [-0.3, -0.25) is 0 Å². The van der Waals surface area contributed by atoms with Crippen molar-refractivity contribution in [1.29, 1.82) is 0 Å². The highest BCUT2D eigenvalue weighted by Gasteiger charge is 2.31. The van der Waals surface area contributed by atoms with Crippen molar-refractivity contribution < 1.29 is 4.39 Å². The maximum Gasteiger partial charge on any atom is 0.123 e. The molecule has 0 amide bonds. The van der Waals surface area contributed by atoms with Crippen LogP contribution in [0.3, 0.4) is 0 Å². The predicted molar refractivity (Wildman–Crippen MR) is 65.0 cm³/mol. The number of nitrogens with zero attached hydrogens (tertiary/aromatic N) is 1. The molecule has 0 spiro atoms. The van der Waals surface area contributed by atoms with E-state index in [1.807, 2.05) is 12.1 Å². The Morgan fingerprint density at radius 1 is 1.19 bits per heavy atom. The Kier molecular flexibility index (Phi) is 3.29. The first kappa shape index (κ1) is 11.6. The minimum Gasteiger partial charge on any atom is -0.300 e. The standard InChI is InChI=1S/C14H20FN/c1-10(2)16-8-11(3)14(9-16)12-4-6-13(15)7-5-12/h4-7,10-11,14H,8-9H2,1-3H3. The average Bonchev–Trinajstić information content (AvgIpc) is 2.62. The highest BCUT2D eigenvalue weighted by Crippen LogP contribution is 2.33. The van der Waals surface area contributed by atoms with E-state index in [1.165, 1.54) is 5.56 Å².